The third-order valence-corrected chi connectivity index (χ3v) is 2.39. The summed E-state index contributed by atoms with van der Waals surface area (Å²) in [6.07, 6.45) is 1.42. The Balaban J connectivity index is 1.80. The van der Waals surface area contributed by atoms with E-state index in [1.807, 2.05) is 0 Å². The summed E-state index contributed by atoms with van der Waals surface area (Å²) in [7, 11) is 0. The summed E-state index contributed by atoms with van der Waals surface area (Å²) in [5.41, 5.74) is 0. The van der Waals surface area contributed by atoms with Crippen molar-refractivity contribution in [2.45, 2.75) is 24.8 Å². The van der Waals surface area contributed by atoms with Gasteiger partial charge in [-0.1, -0.05) is 5.10 Å². The molecule has 1 unspecified atom stereocenters. The Hall–Kier alpha value is -1.30. The van der Waals surface area contributed by atoms with E-state index in [0.29, 0.717) is 24.9 Å². The number of hydrogen-bond acceptors (Lipinski definition) is 5. The van der Waals surface area contributed by atoms with E-state index >= 15 is 0 Å². The van der Waals surface area contributed by atoms with Crippen LogP contribution < -0.4 is 10.6 Å². The Kier molecular flexibility index (Phi) is 3.05. The second-order valence-electron chi connectivity index (χ2n) is 3.32. The van der Waals surface area contributed by atoms with Crippen LogP contribution in [0, 0.1) is 0 Å². The topological polar surface area (TPSA) is 80.1 Å². The highest BCUT2D eigenvalue weighted by Gasteiger charge is 2.20. The number of nitrogens with zero attached hydrogens (tertiary/aromatic N) is 2. The van der Waals surface area contributed by atoms with Gasteiger partial charge in [-0.25, -0.2) is 0 Å². The van der Waals surface area contributed by atoms with Gasteiger partial charge in [0.2, 0.25) is 11.8 Å². The average Bonchev–Trinajstić information content (AvgIpc) is 2.83. The first-order valence-electron chi connectivity index (χ1n) is 4.69. The van der Waals surface area contributed by atoms with Gasteiger partial charge in [-0.05, 0) is 6.42 Å². The third kappa shape index (κ3) is 2.59. The number of nitrogens with one attached hydrogen (secondary N) is 2. The Bertz CT molecular complexity index is 354. The number of aromatic nitrogens is 2. The van der Waals surface area contributed by atoms with Crippen LogP contribution in [0.5, 0.6) is 0 Å². The Morgan fingerprint density at radius 1 is 1.60 bits per heavy atom. The Labute approximate surface area is 91.4 Å². The van der Waals surface area contributed by atoms with Gasteiger partial charge in [-0.15, -0.1) is 16.7 Å². The molecular weight excluding hydrogens is 220 g/mol. The summed E-state index contributed by atoms with van der Waals surface area (Å²) in [5.74, 6) is 0.679. The highest BCUT2D eigenvalue weighted by molar-refractivity contribution is 6.16. The van der Waals surface area contributed by atoms with Gasteiger partial charge in [-0.3, -0.25) is 4.79 Å². The average molecular weight is 231 g/mol. The van der Waals surface area contributed by atoms with Crippen LogP contribution >= 0.6 is 11.6 Å². The summed E-state index contributed by atoms with van der Waals surface area (Å²) in [5, 5.41) is 13.2. The monoisotopic (exact) mass is 230 g/mol. The zero-order chi connectivity index (χ0) is 10.7. The molecule has 0 saturated carbocycles. The van der Waals surface area contributed by atoms with Gasteiger partial charge >= 0.3 is 6.01 Å². The Morgan fingerprint density at radius 2 is 2.47 bits per heavy atom. The molecule has 1 aromatic rings. The van der Waals surface area contributed by atoms with E-state index in [1.54, 1.807) is 0 Å². The fourth-order valence-corrected chi connectivity index (χ4v) is 1.53. The van der Waals surface area contributed by atoms with Crippen LogP contribution in [-0.2, 0) is 10.7 Å². The van der Waals surface area contributed by atoms with Crippen LogP contribution in [0.1, 0.15) is 18.7 Å². The van der Waals surface area contributed by atoms with Crippen LogP contribution in [0.4, 0.5) is 6.01 Å². The minimum Gasteiger partial charge on any atom is -0.407 e. The molecule has 7 heteroatoms. The number of carbonyl (C=O) groups is 1. The predicted molar refractivity (Wildman–Crippen MR) is 53.5 cm³/mol. The number of alkyl halides is 1. The summed E-state index contributed by atoms with van der Waals surface area (Å²) in [6, 6.07) is 0.482. The van der Waals surface area contributed by atoms with Gasteiger partial charge in [0.25, 0.3) is 0 Å². The van der Waals surface area contributed by atoms with Gasteiger partial charge in [-0.2, -0.15) is 0 Å². The minimum absolute atomic E-state index is 0.0915. The van der Waals surface area contributed by atoms with Gasteiger partial charge in [0.05, 0.1) is 0 Å². The molecule has 0 bridgehead atoms. The molecule has 1 aliphatic rings. The van der Waals surface area contributed by atoms with E-state index in [4.69, 9.17) is 16.0 Å². The molecule has 1 fully saturated rings. The lowest BCUT2D eigenvalue weighted by Gasteiger charge is -2.08. The summed E-state index contributed by atoms with van der Waals surface area (Å²) in [4.78, 5) is 10.9. The van der Waals surface area contributed by atoms with Crippen LogP contribution in [0.3, 0.4) is 0 Å². The van der Waals surface area contributed by atoms with Crippen molar-refractivity contribution in [1.29, 1.82) is 0 Å². The molecule has 1 amide bonds. The van der Waals surface area contributed by atoms with Gasteiger partial charge in [0.1, 0.15) is 5.88 Å². The predicted octanol–water partition coefficient (Wildman–Crippen LogP) is 0.499. The highest BCUT2D eigenvalue weighted by Crippen LogP contribution is 2.10. The van der Waals surface area contributed by atoms with Crippen LogP contribution in [-0.4, -0.2) is 28.7 Å². The molecule has 0 spiro atoms. The first-order valence-corrected chi connectivity index (χ1v) is 5.23. The van der Waals surface area contributed by atoms with Crippen molar-refractivity contribution in [3.63, 3.8) is 0 Å². The lowest BCUT2D eigenvalue weighted by atomic mass is 10.2. The first kappa shape index (κ1) is 10.2. The Morgan fingerprint density at radius 3 is 3.07 bits per heavy atom. The number of amides is 1. The van der Waals surface area contributed by atoms with E-state index in [2.05, 4.69) is 20.8 Å². The van der Waals surface area contributed by atoms with E-state index in [1.165, 1.54) is 0 Å². The maximum absolute atomic E-state index is 10.9. The zero-order valence-corrected chi connectivity index (χ0v) is 8.75. The van der Waals surface area contributed by atoms with Crippen LogP contribution in [0.25, 0.3) is 0 Å². The normalized spacial score (nSPS) is 20.3. The standard InChI is InChI=1S/C8H11ClN4O2/c9-3-7-12-13-8(15-7)10-4-5-1-2-6(14)11-5/h5H,1-4H2,(H,10,13)(H,11,14). The van der Waals surface area contributed by atoms with Crippen molar-refractivity contribution in [2.75, 3.05) is 11.9 Å². The second-order valence-corrected chi connectivity index (χ2v) is 3.59. The lowest BCUT2D eigenvalue weighted by molar-refractivity contribution is -0.119. The van der Waals surface area contributed by atoms with Crippen LogP contribution in [0.15, 0.2) is 4.42 Å². The number of hydrogen-bond donors (Lipinski definition) is 2. The van der Waals surface area contributed by atoms with Crippen molar-refractivity contribution < 1.29 is 9.21 Å². The molecule has 1 saturated heterocycles. The molecule has 0 aromatic carbocycles. The fourth-order valence-electron chi connectivity index (χ4n) is 1.42. The second kappa shape index (κ2) is 4.48. The van der Waals surface area contributed by atoms with E-state index < -0.39 is 0 Å². The van der Waals surface area contributed by atoms with Crippen molar-refractivity contribution in [2.24, 2.45) is 0 Å². The molecule has 15 heavy (non-hydrogen) atoms. The van der Waals surface area contributed by atoms with Crippen molar-refractivity contribution in [1.82, 2.24) is 15.5 Å². The summed E-state index contributed by atoms with van der Waals surface area (Å²) in [6.45, 7) is 0.593. The molecule has 2 N–H and O–H groups in total. The molecule has 6 nitrogen and oxygen atoms in total. The maximum atomic E-state index is 10.9. The molecule has 82 valence electrons. The highest BCUT2D eigenvalue weighted by atomic mass is 35.5. The van der Waals surface area contributed by atoms with Crippen molar-refractivity contribution in [3.05, 3.63) is 5.89 Å². The van der Waals surface area contributed by atoms with E-state index in [0.717, 1.165) is 6.42 Å². The number of carbonyl (C=O) groups excluding carboxylic acids is 1. The molecule has 2 heterocycles. The zero-order valence-electron chi connectivity index (χ0n) is 7.99. The van der Waals surface area contributed by atoms with Gasteiger partial charge < -0.3 is 15.1 Å². The molecule has 1 aromatic heterocycles. The SMILES string of the molecule is O=C1CCC(CNc2nnc(CCl)o2)N1. The van der Waals surface area contributed by atoms with Crippen molar-refractivity contribution >= 4 is 23.5 Å². The molecule has 0 radical (unpaired) electrons. The molecule has 1 atom stereocenters. The van der Waals surface area contributed by atoms with Crippen molar-refractivity contribution in [3.8, 4) is 0 Å². The first-order chi connectivity index (χ1) is 7.28. The van der Waals surface area contributed by atoms with E-state index in [-0.39, 0.29) is 17.8 Å². The van der Waals surface area contributed by atoms with Crippen LogP contribution in [0.2, 0.25) is 0 Å². The number of halogens is 1. The molecule has 0 aliphatic carbocycles. The molecule has 1 aliphatic heterocycles. The minimum atomic E-state index is 0.0915. The number of rotatable bonds is 4. The largest absolute Gasteiger partial charge is 0.407 e. The smallest absolute Gasteiger partial charge is 0.315 e. The summed E-state index contributed by atoms with van der Waals surface area (Å²) < 4.78 is 5.14. The molecular formula is C8H11ClN4O2. The van der Waals surface area contributed by atoms with E-state index in [9.17, 15) is 4.79 Å². The quantitative estimate of drug-likeness (QED) is 0.737. The maximum Gasteiger partial charge on any atom is 0.315 e. The third-order valence-electron chi connectivity index (χ3n) is 2.17. The molecule has 2 rings (SSSR count). The summed E-state index contributed by atoms with van der Waals surface area (Å²) >= 11 is 5.51. The lowest BCUT2D eigenvalue weighted by Crippen LogP contribution is -2.31. The van der Waals surface area contributed by atoms with Gasteiger partial charge in [0, 0.05) is 19.0 Å². The fraction of sp³-hybridized carbons (Fsp3) is 0.625. The van der Waals surface area contributed by atoms with Gasteiger partial charge in [0.15, 0.2) is 0 Å². The number of anilines is 1.